The Kier molecular flexibility index (Phi) is 6.86. The highest BCUT2D eigenvalue weighted by Crippen LogP contribution is 2.21. The molecule has 1 amide bonds. The predicted molar refractivity (Wildman–Crippen MR) is 112 cm³/mol. The van der Waals surface area contributed by atoms with Gasteiger partial charge in [-0.3, -0.25) is 4.79 Å². The molecule has 1 N–H and O–H groups in total. The summed E-state index contributed by atoms with van der Waals surface area (Å²) in [5.41, 5.74) is 2.46. The van der Waals surface area contributed by atoms with Crippen molar-refractivity contribution in [1.82, 2.24) is 4.31 Å². The molecule has 1 heterocycles. The lowest BCUT2D eigenvalue weighted by molar-refractivity contribution is 0.0599. The third kappa shape index (κ3) is 5.05. The Morgan fingerprint density at radius 1 is 1.10 bits per heavy atom. The lowest BCUT2D eigenvalue weighted by Gasteiger charge is -2.26. The lowest BCUT2D eigenvalue weighted by atomic mass is 10.1. The van der Waals surface area contributed by atoms with Crippen LogP contribution in [0, 0.1) is 6.92 Å². The van der Waals surface area contributed by atoms with Crippen molar-refractivity contribution in [3.8, 4) is 0 Å². The van der Waals surface area contributed by atoms with Gasteiger partial charge >= 0.3 is 5.97 Å². The van der Waals surface area contributed by atoms with Crippen molar-refractivity contribution in [2.45, 2.75) is 12.7 Å². The van der Waals surface area contributed by atoms with Gasteiger partial charge in [0.05, 0.1) is 31.6 Å². The summed E-state index contributed by atoms with van der Waals surface area (Å²) in [6.07, 6.45) is 0. The van der Waals surface area contributed by atoms with Crippen LogP contribution in [0.5, 0.6) is 0 Å². The maximum absolute atomic E-state index is 12.6. The van der Waals surface area contributed by atoms with Crippen LogP contribution in [-0.2, 0) is 25.2 Å². The van der Waals surface area contributed by atoms with Crippen molar-refractivity contribution in [2.24, 2.45) is 0 Å². The van der Waals surface area contributed by atoms with E-state index >= 15 is 0 Å². The molecular formula is C21H24N2O6S. The van der Waals surface area contributed by atoms with E-state index in [9.17, 15) is 18.0 Å². The van der Waals surface area contributed by atoms with E-state index < -0.39 is 16.0 Å². The van der Waals surface area contributed by atoms with E-state index in [4.69, 9.17) is 9.47 Å². The molecule has 0 aliphatic carbocycles. The van der Waals surface area contributed by atoms with E-state index in [1.54, 1.807) is 49.4 Å². The van der Waals surface area contributed by atoms with Gasteiger partial charge in [0.25, 0.3) is 5.91 Å². The molecule has 160 valence electrons. The molecule has 1 aliphatic heterocycles. The normalized spacial score (nSPS) is 14.9. The first-order chi connectivity index (χ1) is 14.3. The summed E-state index contributed by atoms with van der Waals surface area (Å²) in [6, 6.07) is 11.4. The molecule has 1 aliphatic rings. The van der Waals surface area contributed by atoms with Crippen LogP contribution < -0.4 is 5.32 Å². The van der Waals surface area contributed by atoms with Crippen LogP contribution in [0.25, 0.3) is 0 Å². The Labute approximate surface area is 175 Å². The number of sulfonamides is 1. The fourth-order valence-corrected chi connectivity index (χ4v) is 4.68. The van der Waals surface area contributed by atoms with Crippen LogP contribution >= 0.6 is 0 Å². The topological polar surface area (TPSA) is 102 Å². The number of benzene rings is 2. The molecule has 9 heteroatoms. The van der Waals surface area contributed by atoms with Gasteiger partial charge < -0.3 is 14.8 Å². The molecule has 1 fully saturated rings. The number of nitrogens with zero attached hydrogens (tertiary/aromatic N) is 1. The second-order valence-corrected chi connectivity index (χ2v) is 8.86. The molecule has 2 aromatic carbocycles. The third-order valence-electron chi connectivity index (χ3n) is 4.92. The molecule has 0 unspecified atom stereocenters. The third-order valence-corrected chi connectivity index (χ3v) is 6.77. The molecule has 1 saturated heterocycles. The van der Waals surface area contributed by atoms with Crippen LogP contribution in [-0.4, -0.2) is 58.0 Å². The predicted octanol–water partition coefficient (Wildman–Crippen LogP) is 2.20. The zero-order valence-electron chi connectivity index (χ0n) is 16.9. The van der Waals surface area contributed by atoms with Crippen molar-refractivity contribution >= 4 is 27.6 Å². The highest BCUT2D eigenvalue weighted by atomic mass is 32.2. The Hall–Kier alpha value is -2.75. The molecule has 30 heavy (non-hydrogen) atoms. The van der Waals surface area contributed by atoms with Crippen molar-refractivity contribution in [3.05, 3.63) is 64.7 Å². The molecule has 0 spiro atoms. The number of esters is 1. The number of hydrogen-bond acceptors (Lipinski definition) is 6. The van der Waals surface area contributed by atoms with Gasteiger partial charge in [-0.25, -0.2) is 13.2 Å². The van der Waals surface area contributed by atoms with E-state index in [-0.39, 0.29) is 11.7 Å². The summed E-state index contributed by atoms with van der Waals surface area (Å²) in [7, 11) is -2.13. The number of methoxy groups -OCH3 is 1. The Balaban J connectivity index is 1.69. The number of ether oxygens (including phenoxy) is 2. The van der Waals surface area contributed by atoms with Gasteiger partial charge in [0.2, 0.25) is 10.0 Å². The van der Waals surface area contributed by atoms with Crippen LogP contribution in [0.1, 0.15) is 31.8 Å². The van der Waals surface area contributed by atoms with E-state index in [0.29, 0.717) is 54.2 Å². The Bertz CT molecular complexity index is 1030. The van der Waals surface area contributed by atoms with E-state index in [1.807, 2.05) is 0 Å². The zero-order chi connectivity index (χ0) is 21.7. The molecule has 0 bridgehead atoms. The molecular weight excluding hydrogens is 408 g/mol. The molecule has 8 nitrogen and oxygen atoms in total. The smallest absolute Gasteiger partial charge is 0.338 e. The average Bonchev–Trinajstić information content (AvgIpc) is 2.75. The van der Waals surface area contributed by atoms with Crippen molar-refractivity contribution in [3.63, 3.8) is 0 Å². The van der Waals surface area contributed by atoms with Gasteiger partial charge in [-0.2, -0.15) is 4.31 Å². The first-order valence-electron chi connectivity index (χ1n) is 9.45. The monoisotopic (exact) mass is 432 g/mol. The number of nitrogens with one attached hydrogen (secondary N) is 1. The summed E-state index contributed by atoms with van der Waals surface area (Å²) in [5, 5.41) is 2.78. The van der Waals surface area contributed by atoms with E-state index in [0.717, 1.165) is 0 Å². The second kappa shape index (κ2) is 9.38. The summed E-state index contributed by atoms with van der Waals surface area (Å²) in [4.78, 5) is 24.4. The van der Waals surface area contributed by atoms with Crippen LogP contribution in [0.15, 0.2) is 42.5 Å². The zero-order valence-corrected chi connectivity index (χ0v) is 17.7. The molecule has 0 saturated carbocycles. The fraction of sp³-hybridized carbons (Fsp3) is 0.333. The first-order valence-corrected chi connectivity index (χ1v) is 11.1. The maximum atomic E-state index is 12.6. The minimum atomic E-state index is -3.43. The van der Waals surface area contributed by atoms with Crippen LogP contribution in [0.2, 0.25) is 0 Å². The summed E-state index contributed by atoms with van der Waals surface area (Å²) < 4.78 is 36.4. The quantitative estimate of drug-likeness (QED) is 0.702. The number of morpholine rings is 1. The largest absolute Gasteiger partial charge is 0.465 e. The van der Waals surface area contributed by atoms with Gasteiger partial charge in [-0.1, -0.05) is 18.2 Å². The summed E-state index contributed by atoms with van der Waals surface area (Å²) in [6.45, 7) is 3.23. The number of carbonyl (C=O) groups excluding carboxylic acids is 2. The minimum absolute atomic E-state index is 0.130. The second-order valence-electron chi connectivity index (χ2n) is 6.89. The molecule has 3 rings (SSSR count). The SMILES string of the molecule is COC(=O)c1cccc(NC(=O)c2ccc(CS(=O)(=O)N3CCOCC3)cc2)c1C. The number of anilines is 1. The van der Waals surface area contributed by atoms with Crippen LogP contribution in [0.3, 0.4) is 0 Å². The van der Waals surface area contributed by atoms with Gasteiger partial charge in [-0.05, 0) is 42.3 Å². The highest BCUT2D eigenvalue weighted by molar-refractivity contribution is 7.88. The number of rotatable bonds is 6. The minimum Gasteiger partial charge on any atom is -0.465 e. The van der Waals surface area contributed by atoms with Crippen LogP contribution in [0.4, 0.5) is 5.69 Å². The summed E-state index contributed by atoms with van der Waals surface area (Å²) in [5.74, 6) is -0.966. The molecule has 0 radical (unpaired) electrons. The van der Waals surface area contributed by atoms with E-state index in [1.165, 1.54) is 11.4 Å². The molecule has 2 aromatic rings. The lowest BCUT2D eigenvalue weighted by Crippen LogP contribution is -2.41. The first kappa shape index (κ1) is 21.9. The molecule has 0 aromatic heterocycles. The van der Waals surface area contributed by atoms with Crippen molar-refractivity contribution in [2.75, 3.05) is 38.7 Å². The highest BCUT2D eigenvalue weighted by Gasteiger charge is 2.24. The van der Waals surface area contributed by atoms with Gasteiger partial charge in [0.1, 0.15) is 0 Å². The number of carbonyl (C=O) groups is 2. The average molecular weight is 432 g/mol. The Morgan fingerprint density at radius 2 is 1.77 bits per heavy atom. The number of amides is 1. The standard InChI is InChI=1S/C21H24N2O6S/c1-15-18(21(25)28-2)4-3-5-19(15)22-20(24)17-8-6-16(7-9-17)14-30(26,27)23-10-12-29-13-11-23/h3-9H,10-14H2,1-2H3,(H,22,24). The van der Waals surface area contributed by atoms with Gasteiger partial charge in [0.15, 0.2) is 0 Å². The fourth-order valence-electron chi connectivity index (χ4n) is 3.18. The Morgan fingerprint density at radius 3 is 2.40 bits per heavy atom. The number of hydrogen-bond donors (Lipinski definition) is 1. The van der Waals surface area contributed by atoms with Gasteiger partial charge in [0, 0.05) is 24.3 Å². The summed E-state index contributed by atoms with van der Waals surface area (Å²) >= 11 is 0. The van der Waals surface area contributed by atoms with E-state index in [2.05, 4.69) is 5.32 Å². The van der Waals surface area contributed by atoms with Gasteiger partial charge in [-0.15, -0.1) is 0 Å². The maximum Gasteiger partial charge on any atom is 0.338 e. The van der Waals surface area contributed by atoms with Crippen molar-refractivity contribution in [1.29, 1.82) is 0 Å². The van der Waals surface area contributed by atoms with Crippen molar-refractivity contribution < 1.29 is 27.5 Å². The molecule has 0 atom stereocenters.